The lowest BCUT2D eigenvalue weighted by Crippen LogP contribution is -2.30. The Balaban J connectivity index is 1.89. The van der Waals surface area contributed by atoms with Crippen LogP contribution in [0.1, 0.15) is 17.2 Å². The van der Waals surface area contributed by atoms with Gasteiger partial charge in [-0.2, -0.15) is 0 Å². The zero-order valence-electron chi connectivity index (χ0n) is 11.2. The Morgan fingerprint density at radius 2 is 1.81 bits per heavy atom. The summed E-state index contributed by atoms with van der Waals surface area (Å²) in [6.07, 6.45) is -1.11. The third-order valence-electron chi connectivity index (χ3n) is 3.06. The third-order valence-corrected chi connectivity index (χ3v) is 3.06. The Morgan fingerprint density at radius 3 is 2.52 bits per heavy atom. The van der Waals surface area contributed by atoms with Crippen molar-refractivity contribution in [2.75, 3.05) is 6.54 Å². The van der Waals surface area contributed by atoms with Crippen LogP contribution in [0.25, 0.3) is 0 Å². The van der Waals surface area contributed by atoms with E-state index >= 15 is 0 Å². The van der Waals surface area contributed by atoms with Gasteiger partial charge in [0, 0.05) is 12.1 Å². The van der Waals surface area contributed by atoms with E-state index in [1.54, 1.807) is 24.3 Å². The van der Waals surface area contributed by atoms with E-state index in [2.05, 4.69) is 5.32 Å². The molecule has 0 saturated heterocycles. The van der Waals surface area contributed by atoms with E-state index in [0.717, 1.165) is 6.07 Å². The summed E-state index contributed by atoms with van der Waals surface area (Å²) in [7, 11) is 0. The van der Waals surface area contributed by atoms with Crippen LogP contribution in [0.3, 0.4) is 0 Å². The summed E-state index contributed by atoms with van der Waals surface area (Å²) < 4.78 is 26.4. The molecule has 3 nitrogen and oxygen atoms in total. The van der Waals surface area contributed by atoms with Gasteiger partial charge >= 0.3 is 0 Å². The molecule has 0 fully saturated rings. The van der Waals surface area contributed by atoms with Gasteiger partial charge in [-0.05, 0) is 11.6 Å². The Kier molecular flexibility index (Phi) is 5.00. The molecule has 2 N–H and O–H groups in total. The van der Waals surface area contributed by atoms with E-state index in [1.807, 2.05) is 6.07 Å². The van der Waals surface area contributed by atoms with Gasteiger partial charge in [0.2, 0.25) is 5.91 Å². The molecule has 0 aliphatic heterocycles. The van der Waals surface area contributed by atoms with Crippen molar-refractivity contribution in [3.8, 4) is 0 Å². The number of rotatable bonds is 5. The highest BCUT2D eigenvalue weighted by Gasteiger charge is 2.13. The van der Waals surface area contributed by atoms with Gasteiger partial charge < -0.3 is 10.4 Å². The highest BCUT2D eigenvalue weighted by atomic mass is 19.2. The second-order valence-corrected chi connectivity index (χ2v) is 4.62. The van der Waals surface area contributed by atoms with Crippen molar-refractivity contribution in [1.29, 1.82) is 0 Å². The monoisotopic (exact) mass is 291 g/mol. The second-order valence-electron chi connectivity index (χ2n) is 4.62. The zero-order valence-corrected chi connectivity index (χ0v) is 11.2. The van der Waals surface area contributed by atoms with Crippen molar-refractivity contribution in [3.05, 3.63) is 71.3 Å². The van der Waals surface area contributed by atoms with Crippen LogP contribution >= 0.6 is 0 Å². The average Bonchev–Trinajstić information content (AvgIpc) is 2.50. The first kappa shape index (κ1) is 15.1. The van der Waals surface area contributed by atoms with Gasteiger partial charge in [-0.25, -0.2) is 8.78 Å². The molecular weight excluding hydrogens is 276 g/mol. The van der Waals surface area contributed by atoms with Gasteiger partial charge in [-0.3, -0.25) is 4.79 Å². The molecule has 0 radical (unpaired) electrons. The molecule has 0 saturated carbocycles. The number of halogens is 2. The normalized spacial score (nSPS) is 12.0. The van der Waals surface area contributed by atoms with Crippen molar-refractivity contribution in [2.24, 2.45) is 0 Å². The molecule has 110 valence electrons. The summed E-state index contributed by atoms with van der Waals surface area (Å²) in [6.45, 7) is 0.0137. The molecule has 0 aliphatic rings. The van der Waals surface area contributed by atoms with Gasteiger partial charge in [0.15, 0.2) is 11.6 Å². The fraction of sp³-hybridized carbons (Fsp3) is 0.188. The number of aliphatic hydroxyl groups excluding tert-OH is 1. The van der Waals surface area contributed by atoms with Crippen LogP contribution in [-0.2, 0) is 11.2 Å². The molecular formula is C16H15F2NO2. The summed E-state index contributed by atoms with van der Waals surface area (Å²) >= 11 is 0. The molecule has 1 unspecified atom stereocenters. The number of carbonyl (C=O) groups is 1. The summed E-state index contributed by atoms with van der Waals surface area (Å²) in [5.41, 5.74) is 0.663. The summed E-state index contributed by atoms with van der Waals surface area (Å²) in [5.74, 6) is -2.48. The van der Waals surface area contributed by atoms with Crippen LogP contribution in [0.15, 0.2) is 48.5 Å². The van der Waals surface area contributed by atoms with Crippen molar-refractivity contribution in [2.45, 2.75) is 12.5 Å². The van der Waals surface area contributed by atoms with E-state index < -0.39 is 23.6 Å². The molecule has 0 aromatic heterocycles. The number of aliphatic hydroxyl groups is 1. The summed E-state index contributed by atoms with van der Waals surface area (Å²) in [6, 6.07) is 12.6. The maximum absolute atomic E-state index is 13.4. The maximum atomic E-state index is 13.4. The Labute approximate surface area is 121 Å². The Morgan fingerprint density at radius 1 is 1.10 bits per heavy atom. The van der Waals surface area contributed by atoms with Gasteiger partial charge in [0.1, 0.15) is 0 Å². The highest BCUT2D eigenvalue weighted by Crippen LogP contribution is 2.13. The van der Waals surface area contributed by atoms with E-state index in [-0.39, 0.29) is 18.5 Å². The Bertz CT molecular complexity index is 617. The van der Waals surface area contributed by atoms with Gasteiger partial charge in [0.25, 0.3) is 0 Å². The lowest BCUT2D eigenvalue weighted by atomic mass is 10.1. The number of nitrogens with one attached hydrogen (secondary N) is 1. The van der Waals surface area contributed by atoms with Crippen LogP contribution in [0.5, 0.6) is 0 Å². The van der Waals surface area contributed by atoms with Crippen molar-refractivity contribution >= 4 is 5.91 Å². The molecule has 21 heavy (non-hydrogen) atoms. The number of amides is 1. The second kappa shape index (κ2) is 6.95. The SMILES string of the molecule is O=C(Cc1cccc(F)c1F)NCC(O)c1ccccc1. The number of hydrogen-bond donors (Lipinski definition) is 2. The predicted molar refractivity (Wildman–Crippen MR) is 74.5 cm³/mol. The first-order chi connectivity index (χ1) is 10.1. The van der Waals surface area contributed by atoms with E-state index in [4.69, 9.17) is 0 Å². The first-order valence-corrected chi connectivity index (χ1v) is 6.50. The molecule has 0 heterocycles. The quantitative estimate of drug-likeness (QED) is 0.888. The van der Waals surface area contributed by atoms with Crippen LogP contribution in [0.2, 0.25) is 0 Å². The van der Waals surface area contributed by atoms with Gasteiger partial charge in [-0.15, -0.1) is 0 Å². The van der Waals surface area contributed by atoms with Gasteiger partial charge in [-0.1, -0.05) is 42.5 Å². The third kappa shape index (κ3) is 4.10. The molecule has 1 atom stereocenters. The van der Waals surface area contributed by atoms with Gasteiger partial charge in [0.05, 0.1) is 12.5 Å². The molecule has 0 spiro atoms. The molecule has 1 amide bonds. The largest absolute Gasteiger partial charge is 0.387 e. The average molecular weight is 291 g/mol. The number of hydrogen-bond acceptors (Lipinski definition) is 2. The minimum Gasteiger partial charge on any atom is -0.387 e. The van der Waals surface area contributed by atoms with E-state index in [1.165, 1.54) is 12.1 Å². The van der Waals surface area contributed by atoms with Crippen LogP contribution < -0.4 is 5.32 Å². The zero-order chi connectivity index (χ0) is 15.2. The molecule has 2 rings (SSSR count). The standard InChI is InChI=1S/C16H15F2NO2/c17-13-8-4-7-12(16(13)18)9-15(21)19-10-14(20)11-5-2-1-3-6-11/h1-8,14,20H,9-10H2,(H,19,21). The van der Waals surface area contributed by atoms with E-state index in [0.29, 0.717) is 5.56 Å². The molecule has 0 bridgehead atoms. The van der Waals surface area contributed by atoms with Crippen LogP contribution in [0.4, 0.5) is 8.78 Å². The van der Waals surface area contributed by atoms with Crippen LogP contribution in [-0.4, -0.2) is 17.6 Å². The molecule has 2 aromatic carbocycles. The molecule has 2 aromatic rings. The summed E-state index contributed by atoms with van der Waals surface area (Å²) in [5, 5.41) is 12.4. The van der Waals surface area contributed by atoms with E-state index in [9.17, 15) is 18.7 Å². The minimum absolute atomic E-state index is 0.0123. The van der Waals surface area contributed by atoms with Crippen molar-refractivity contribution < 1.29 is 18.7 Å². The highest BCUT2D eigenvalue weighted by molar-refractivity contribution is 5.78. The fourth-order valence-corrected chi connectivity index (χ4v) is 1.92. The lowest BCUT2D eigenvalue weighted by molar-refractivity contribution is -0.120. The van der Waals surface area contributed by atoms with Crippen molar-refractivity contribution in [3.63, 3.8) is 0 Å². The Hall–Kier alpha value is -2.27. The predicted octanol–water partition coefficient (Wildman–Crippen LogP) is 2.36. The number of carbonyl (C=O) groups excluding carboxylic acids is 1. The lowest BCUT2D eigenvalue weighted by Gasteiger charge is -2.12. The topological polar surface area (TPSA) is 49.3 Å². The molecule has 0 aliphatic carbocycles. The summed E-state index contributed by atoms with van der Waals surface area (Å²) in [4.78, 5) is 11.7. The maximum Gasteiger partial charge on any atom is 0.224 e. The fourth-order valence-electron chi connectivity index (χ4n) is 1.92. The van der Waals surface area contributed by atoms with Crippen molar-refractivity contribution in [1.82, 2.24) is 5.32 Å². The smallest absolute Gasteiger partial charge is 0.224 e. The number of benzene rings is 2. The molecule has 5 heteroatoms. The minimum atomic E-state index is -1.02. The van der Waals surface area contributed by atoms with Crippen LogP contribution in [0, 0.1) is 11.6 Å². The first-order valence-electron chi connectivity index (χ1n) is 6.50.